The minimum atomic E-state index is -0.288. The van der Waals surface area contributed by atoms with Gasteiger partial charge < -0.3 is 9.47 Å². The van der Waals surface area contributed by atoms with E-state index in [-0.39, 0.29) is 11.5 Å². The number of hydrogen-bond donors (Lipinski definition) is 0. The van der Waals surface area contributed by atoms with Crippen LogP contribution in [0.15, 0.2) is 17.1 Å². The highest BCUT2D eigenvalue weighted by Gasteiger charge is 2.26. The van der Waals surface area contributed by atoms with Gasteiger partial charge in [-0.05, 0) is 30.9 Å². The summed E-state index contributed by atoms with van der Waals surface area (Å²) < 4.78 is 12.1. The molecular formula is C16H17NO4. The van der Waals surface area contributed by atoms with E-state index >= 15 is 0 Å². The van der Waals surface area contributed by atoms with E-state index in [1.807, 2.05) is 0 Å². The standard InChI is InChI=1S/C16H17NO4/c1-9(18)17-8-7-12-13(16(17)19)10-5-4-6-11(10)14(20-2)15(12)21-3/h7-8H,4-6H2,1-3H3. The Balaban J connectivity index is 2.52. The zero-order chi connectivity index (χ0) is 15.1. The van der Waals surface area contributed by atoms with Gasteiger partial charge in [-0.2, -0.15) is 0 Å². The van der Waals surface area contributed by atoms with Crippen molar-refractivity contribution in [2.45, 2.75) is 26.2 Å². The monoisotopic (exact) mass is 287 g/mol. The second-order valence-electron chi connectivity index (χ2n) is 5.18. The first-order valence-electron chi connectivity index (χ1n) is 6.92. The molecule has 3 rings (SSSR count). The molecule has 0 bridgehead atoms. The first-order valence-corrected chi connectivity index (χ1v) is 6.92. The van der Waals surface area contributed by atoms with Gasteiger partial charge in [0.25, 0.3) is 5.56 Å². The Labute approximate surface area is 122 Å². The van der Waals surface area contributed by atoms with Gasteiger partial charge in [0.05, 0.1) is 19.6 Å². The molecule has 21 heavy (non-hydrogen) atoms. The van der Waals surface area contributed by atoms with Crippen LogP contribution in [0.5, 0.6) is 11.5 Å². The number of fused-ring (bicyclic) bond motifs is 3. The predicted molar refractivity (Wildman–Crippen MR) is 79.6 cm³/mol. The normalized spacial score (nSPS) is 13.3. The molecule has 2 aromatic rings. The van der Waals surface area contributed by atoms with Gasteiger partial charge in [-0.15, -0.1) is 0 Å². The first-order chi connectivity index (χ1) is 10.1. The van der Waals surface area contributed by atoms with Crippen LogP contribution in [0, 0.1) is 0 Å². The number of hydrogen-bond acceptors (Lipinski definition) is 4. The molecule has 0 aliphatic heterocycles. The number of carbonyl (C=O) groups is 1. The summed E-state index contributed by atoms with van der Waals surface area (Å²) >= 11 is 0. The van der Waals surface area contributed by atoms with E-state index in [1.54, 1.807) is 20.3 Å². The number of rotatable bonds is 2. The van der Waals surface area contributed by atoms with Crippen LogP contribution < -0.4 is 15.0 Å². The predicted octanol–water partition coefficient (Wildman–Crippen LogP) is 2.17. The third kappa shape index (κ3) is 1.84. The number of methoxy groups -OCH3 is 2. The zero-order valence-corrected chi connectivity index (χ0v) is 12.4. The molecule has 1 aliphatic rings. The van der Waals surface area contributed by atoms with Crippen LogP contribution >= 0.6 is 0 Å². The van der Waals surface area contributed by atoms with Gasteiger partial charge in [0.2, 0.25) is 5.91 Å². The molecule has 0 saturated carbocycles. The fourth-order valence-corrected chi connectivity index (χ4v) is 3.21. The lowest BCUT2D eigenvalue weighted by molar-refractivity contribution is 0.0933. The van der Waals surface area contributed by atoms with E-state index in [1.165, 1.54) is 13.1 Å². The molecule has 0 amide bonds. The van der Waals surface area contributed by atoms with Crippen LogP contribution in [0.3, 0.4) is 0 Å². The quantitative estimate of drug-likeness (QED) is 0.849. The second kappa shape index (κ2) is 4.91. The highest BCUT2D eigenvalue weighted by Crippen LogP contribution is 2.44. The van der Waals surface area contributed by atoms with Gasteiger partial charge in [-0.25, -0.2) is 0 Å². The van der Waals surface area contributed by atoms with Gasteiger partial charge >= 0.3 is 0 Å². The Morgan fingerprint density at radius 3 is 2.43 bits per heavy atom. The second-order valence-corrected chi connectivity index (χ2v) is 5.18. The molecular weight excluding hydrogens is 270 g/mol. The third-order valence-electron chi connectivity index (χ3n) is 4.08. The SMILES string of the molecule is COc1c2c(c3c(=O)n(C(C)=O)ccc3c1OC)CCC2. The molecule has 0 unspecified atom stereocenters. The van der Waals surface area contributed by atoms with Crippen LogP contribution in [-0.2, 0) is 12.8 Å². The Hall–Kier alpha value is -2.30. The zero-order valence-electron chi connectivity index (χ0n) is 12.4. The van der Waals surface area contributed by atoms with E-state index in [0.717, 1.165) is 35.0 Å². The Morgan fingerprint density at radius 1 is 1.14 bits per heavy atom. The first kappa shape index (κ1) is 13.7. The highest BCUT2D eigenvalue weighted by atomic mass is 16.5. The average Bonchev–Trinajstić information content (AvgIpc) is 2.94. The summed E-state index contributed by atoms with van der Waals surface area (Å²) in [7, 11) is 3.17. The minimum absolute atomic E-state index is 0.279. The van der Waals surface area contributed by atoms with Gasteiger partial charge in [0.1, 0.15) is 0 Å². The number of nitrogens with zero attached hydrogens (tertiary/aromatic N) is 1. The van der Waals surface area contributed by atoms with Crippen LogP contribution in [0.4, 0.5) is 0 Å². The number of carbonyl (C=O) groups excluding carboxylic acids is 1. The summed E-state index contributed by atoms with van der Waals surface area (Å²) in [5, 5.41) is 1.29. The fourth-order valence-electron chi connectivity index (χ4n) is 3.21. The van der Waals surface area contributed by atoms with E-state index < -0.39 is 0 Å². The molecule has 0 atom stereocenters. The summed E-state index contributed by atoms with van der Waals surface area (Å²) in [5.74, 6) is 0.988. The van der Waals surface area contributed by atoms with Crippen LogP contribution in [0.25, 0.3) is 10.8 Å². The molecule has 0 N–H and O–H groups in total. The number of aryl methyl sites for hydroxylation is 1. The average molecular weight is 287 g/mol. The van der Waals surface area contributed by atoms with Crippen LogP contribution in [-0.4, -0.2) is 24.7 Å². The maximum atomic E-state index is 12.6. The molecule has 1 aromatic heterocycles. The van der Waals surface area contributed by atoms with Gasteiger partial charge in [0.15, 0.2) is 11.5 Å². The molecule has 1 heterocycles. The molecule has 110 valence electrons. The minimum Gasteiger partial charge on any atom is -0.493 e. The Bertz CT molecular complexity index is 804. The van der Waals surface area contributed by atoms with Crippen molar-refractivity contribution in [3.8, 4) is 11.5 Å². The summed E-state index contributed by atoms with van der Waals surface area (Å²) in [6.45, 7) is 1.38. The number of benzene rings is 1. The van der Waals surface area contributed by atoms with Crippen molar-refractivity contribution in [2.24, 2.45) is 0 Å². The van der Waals surface area contributed by atoms with E-state index in [0.29, 0.717) is 22.3 Å². The van der Waals surface area contributed by atoms with Crippen molar-refractivity contribution >= 4 is 16.7 Å². The van der Waals surface area contributed by atoms with Gasteiger partial charge in [-0.1, -0.05) is 0 Å². The smallest absolute Gasteiger partial charge is 0.265 e. The molecule has 0 saturated heterocycles. The topological polar surface area (TPSA) is 57.5 Å². The summed E-state index contributed by atoms with van der Waals surface area (Å²) in [4.78, 5) is 24.2. The summed E-state index contributed by atoms with van der Waals surface area (Å²) in [5.41, 5.74) is 1.74. The molecule has 1 aliphatic carbocycles. The summed E-state index contributed by atoms with van der Waals surface area (Å²) in [6.07, 6.45) is 4.15. The number of pyridine rings is 1. The number of ether oxygens (including phenoxy) is 2. The maximum Gasteiger partial charge on any atom is 0.265 e. The van der Waals surface area contributed by atoms with Crippen molar-refractivity contribution < 1.29 is 14.3 Å². The van der Waals surface area contributed by atoms with E-state index in [9.17, 15) is 9.59 Å². The lowest BCUT2D eigenvalue weighted by Crippen LogP contribution is -2.25. The summed E-state index contributed by atoms with van der Waals surface area (Å²) in [6, 6.07) is 1.75. The Morgan fingerprint density at radius 2 is 1.81 bits per heavy atom. The van der Waals surface area contributed by atoms with E-state index in [2.05, 4.69) is 0 Å². The highest BCUT2D eigenvalue weighted by molar-refractivity contribution is 5.96. The van der Waals surface area contributed by atoms with Crippen LogP contribution in [0.2, 0.25) is 0 Å². The molecule has 0 radical (unpaired) electrons. The molecule has 1 aromatic carbocycles. The molecule has 0 fully saturated rings. The maximum absolute atomic E-state index is 12.6. The molecule has 5 nitrogen and oxygen atoms in total. The number of aromatic nitrogens is 1. The van der Waals surface area contributed by atoms with Gasteiger partial charge in [-0.3, -0.25) is 14.2 Å². The van der Waals surface area contributed by atoms with E-state index in [4.69, 9.17) is 9.47 Å². The largest absolute Gasteiger partial charge is 0.493 e. The van der Waals surface area contributed by atoms with Gasteiger partial charge in [0, 0.05) is 24.1 Å². The lowest BCUT2D eigenvalue weighted by atomic mass is 10.00. The molecule has 0 spiro atoms. The van der Waals surface area contributed by atoms with Crippen molar-refractivity contribution in [1.29, 1.82) is 0 Å². The van der Waals surface area contributed by atoms with Crippen molar-refractivity contribution in [2.75, 3.05) is 14.2 Å². The third-order valence-corrected chi connectivity index (χ3v) is 4.08. The lowest BCUT2D eigenvalue weighted by Gasteiger charge is -2.16. The molecule has 5 heteroatoms. The van der Waals surface area contributed by atoms with Crippen molar-refractivity contribution in [3.63, 3.8) is 0 Å². The van der Waals surface area contributed by atoms with Crippen LogP contribution in [0.1, 0.15) is 29.3 Å². The Kier molecular flexibility index (Phi) is 3.20. The fraction of sp³-hybridized carbons (Fsp3) is 0.375. The van der Waals surface area contributed by atoms with Crippen molar-refractivity contribution in [3.05, 3.63) is 33.7 Å². The van der Waals surface area contributed by atoms with Crippen molar-refractivity contribution in [1.82, 2.24) is 4.57 Å².